The van der Waals surface area contributed by atoms with Gasteiger partial charge in [-0.2, -0.15) is 15.1 Å². The fraction of sp³-hybridized carbons (Fsp3) is 0. The van der Waals surface area contributed by atoms with Crippen LogP contribution in [-0.4, -0.2) is 78.3 Å². The second kappa shape index (κ2) is 20.2. The summed E-state index contributed by atoms with van der Waals surface area (Å²) in [5.41, 5.74) is -1.75. The number of aromatic amines is 1. The van der Waals surface area contributed by atoms with E-state index in [1.165, 1.54) is 36.4 Å². The van der Waals surface area contributed by atoms with E-state index in [1.54, 1.807) is 6.07 Å². The molecule has 4 aromatic carbocycles. The molecule has 280 valence electrons. The summed E-state index contributed by atoms with van der Waals surface area (Å²) in [5, 5.41) is 6.19. The molecule has 3 N–H and O–H groups in total. The van der Waals surface area contributed by atoms with Crippen LogP contribution in [0.5, 0.6) is 0 Å². The molecule has 6 rings (SSSR count). The number of nitrogens with one attached hydrogen (secondary N) is 3. The summed E-state index contributed by atoms with van der Waals surface area (Å²) < 4.78 is 144. The van der Waals surface area contributed by atoms with Gasteiger partial charge in [0.25, 0.3) is 0 Å². The fourth-order valence-corrected chi connectivity index (χ4v) is 7.74. The van der Waals surface area contributed by atoms with Gasteiger partial charge in [-0.25, -0.2) is 38.7 Å². The van der Waals surface area contributed by atoms with Crippen molar-refractivity contribution in [1.82, 2.24) is 15.0 Å². The van der Waals surface area contributed by atoms with Crippen molar-refractivity contribution in [3.05, 3.63) is 99.7 Å². The van der Waals surface area contributed by atoms with Gasteiger partial charge in [-0.15, -0.1) is 0 Å². The summed E-state index contributed by atoms with van der Waals surface area (Å²) in [5.74, 6) is -1.73. The van der Waals surface area contributed by atoms with Gasteiger partial charge < -0.3 is 23.5 Å². The maximum Gasteiger partial charge on any atom is 1.00 e. The SMILES string of the molecule is O=C1/C(=N\Nc2ccc3ccccc3c2S(=O)(=O)[O-])C(S(=O)(=O)[O-])=Cc2cc(S(=O)(=O)[O-])cc(N=c3nc(Nc4ccc(S(=O)(=O)[O-])cc4)nc(Cl)[nH]3)c21.[Na+].[Na+].[Na+].[Na+]. The van der Waals surface area contributed by atoms with Crippen LogP contribution in [0.3, 0.4) is 0 Å². The minimum absolute atomic E-state index is 0. The van der Waals surface area contributed by atoms with Gasteiger partial charge in [-0.1, -0.05) is 30.3 Å². The number of fused-ring (bicyclic) bond motifs is 2. The van der Waals surface area contributed by atoms with Crippen molar-refractivity contribution in [3.63, 3.8) is 0 Å². The summed E-state index contributed by atoms with van der Waals surface area (Å²) >= 11 is 6.07. The molecule has 0 atom stereocenters. The van der Waals surface area contributed by atoms with Gasteiger partial charge in [0.2, 0.25) is 22.6 Å². The van der Waals surface area contributed by atoms with E-state index in [9.17, 15) is 56.7 Å². The van der Waals surface area contributed by atoms with Gasteiger partial charge in [0.1, 0.15) is 46.2 Å². The van der Waals surface area contributed by atoms with Crippen LogP contribution in [0.2, 0.25) is 5.28 Å². The molecule has 1 aliphatic rings. The van der Waals surface area contributed by atoms with Crippen LogP contribution in [0.4, 0.5) is 23.0 Å². The number of ketones is 1. The maximum absolute atomic E-state index is 14.0. The largest absolute Gasteiger partial charge is 1.00 e. The van der Waals surface area contributed by atoms with Crippen LogP contribution in [0, 0.1) is 0 Å². The van der Waals surface area contributed by atoms with E-state index in [0.717, 1.165) is 18.2 Å². The zero-order valence-corrected chi connectivity index (χ0v) is 42.1. The molecule has 1 heterocycles. The van der Waals surface area contributed by atoms with E-state index in [1.807, 2.05) is 0 Å². The topological polar surface area (TPSA) is 336 Å². The number of rotatable bonds is 9. The van der Waals surface area contributed by atoms with Crippen LogP contribution in [-0.2, 0) is 40.5 Å². The van der Waals surface area contributed by atoms with Gasteiger partial charge in [0, 0.05) is 11.1 Å². The molecule has 1 aromatic heterocycles. The second-order valence-electron chi connectivity index (χ2n) is 10.8. The molecule has 29 heteroatoms. The van der Waals surface area contributed by atoms with Crippen molar-refractivity contribution in [1.29, 1.82) is 0 Å². The Morgan fingerprint density at radius 3 is 1.91 bits per heavy atom. The normalized spacial score (nSPS) is 13.9. The Hall–Kier alpha value is -1.44. The van der Waals surface area contributed by atoms with Crippen LogP contribution >= 0.6 is 11.6 Å². The van der Waals surface area contributed by atoms with Crippen LogP contribution in [0.25, 0.3) is 16.8 Å². The standard InChI is InChI=1S/C29H20ClN7O13S4.4Na/c30-27-33-28(31-16-6-8-17(9-7-16)51(39,40)41)35-29(34-27)32-21-13-18(52(42,43)44)11-15-12-22(53(45,46)47)24(25(38)23(15)21)37-36-20-10-5-14-3-1-2-4-19(14)26(20)54(48,49)50;;;;/h1-13,36H,(H,39,40,41)(H,42,43,44)(H,45,46,47)(H,48,49,50)(H2,31,32,33,34,35);;;;/q;4*+1/p-4/b37-24-;;;;. The Kier molecular flexibility index (Phi) is 18.3. The molecular weight excluding hydrogens is 910 g/mol. The number of hydrogen-bond donors (Lipinski definition) is 3. The number of halogens is 1. The number of allylic oxidation sites excluding steroid dienone is 1. The number of hydrazone groups is 1. The minimum Gasteiger partial charge on any atom is -0.744 e. The first-order chi connectivity index (χ1) is 25.1. The summed E-state index contributed by atoms with van der Waals surface area (Å²) in [6.45, 7) is 0. The van der Waals surface area contributed by atoms with Gasteiger partial charge >= 0.3 is 118 Å². The zero-order chi connectivity index (χ0) is 39.4. The molecule has 1 aliphatic carbocycles. The number of nitrogens with zero attached hydrogens (tertiary/aromatic N) is 4. The van der Waals surface area contributed by atoms with Gasteiger partial charge in [-0.05, 0) is 71.1 Å². The maximum atomic E-state index is 14.0. The monoisotopic (exact) mass is 925 g/mol. The number of hydrogen-bond acceptors (Lipinski definition) is 19. The smallest absolute Gasteiger partial charge is 0.744 e. The number of benzene rings is 4. The Morgan fingerprint density at radius 2 is 1.33 bits per heavy atom. The van der Waals surface area contributed by atoms with Gasteiger partial charge in [0.15, 0.2) is 0 Å². The summed E-state index contributed by atoms with van der Waals surface area (Å²) in [6, 6.07) is 13.8. The number of Topliss-reactive ketones (excluding diaryl/α,β-unsaturated/α-hetero) is 1. The van der Waals surface area contributed by atoms with Crippen LogP contribution in [0.15, 0.2) is 102 Å². The number of carbonyl (C=O) groups excluding carboxylic acids is 1. The van der Waals surface area contributed by atoms with Crippen molar-refractivity contribution in [2.24, 2.45) is 10.1 Å². The molecule has 0 unspecified atom stereocenters. The zero-order valence-electron chi connectivity index (χ0n) is 30.1. The summed E-state index contributed by atoms with van der Waals surface area (Å²) in [6.07, 6.45) is 0.536. The molecule has 0 radical (unpaired) electrons. The molecule has 0 aliphatic heterocycles. The Morgan fingerprint density at radius 1 is 0.707 bits per heavy atom. The first-order valence-corrected chi connectivity index (χ1v) is 20.3. The predicted octanol–water partition coefficient (Wildman–Crippen LogP) is -10.1. The third kappa shape index (κ3) is 12.1. The molecular formula is C29H16ClN7Na4O13S4. The Balaban J connectivity index is 0.00000290. The second-order valence-corrected chi connectivity index (χ2v) is 16.6. The van der Waals surface area contributed by atoms with Crippen molar-refractivity contribution in [2.75, 3.05) is 10.7 Å². The van der Waals surface area contributed by atoms with E-state index < -0.39 is 105 Å². The molecule has 0 fully saturated rings. The average molecular weight is 926 g/mol. The molecule has 0 spiro atoms. The first kappa shape index (κ1) is 52.7. The van der Waals surface area contributed by atoms with E-state index in [4.69, 9.17) is 11.6 Å². The number of aromatic nitrogens is 3. The first-order valence-electron chi connectivity index (χ1n) is 14.3. The van der Waals surface area contributed by atoms with Gasteiger partial charge in [0.05, 0.1) is 36.5 Å². The number of carbonyl (C=O) groups is 1. The summed E-state index contributed by atoms with van der Waals surface area (Å²) in [4.78, 5) is 24.7. The van der Waals surface area contributed by atoms with Crippen LogP contribution in [0.1, 0.15) is 15.9 Å². The third-order valence-electron chi connectivity index (χ3n) is 7.32. The Labute approximate surface area is 422 Å². The molecule has 58 heavy (non-hydrogen) atoms. The van der Waals surface area contributed by atoms with Crippen molar-refractivity contribution < 1.29 is 175 Å². The molecule has 0 amide bonds. The number of anilines is 3. The van der Waals surface area contributed by atoms with Crippen LogP contribution < -0.4 is 135 Å². The van der Waals surface area contributed by atoms with E-state index in [2.05, 4.69) is 35.8 Å². The predicted molar refractivity (Wildman–Crippen MR) is 184 cm³/mol. The fourth-order valence-electron chi connectivity index (χ4n) is 5.09. The van der Waals surface area contributed by atoms with Gasteiger partial charge in [-0.3, -0.25) is 15.2 Å². The summed E-state index contributed by atoms with van der Waals surface area (Å²) in [7, 11) is -21.0. The third-order valence-corrected chi connectivity index (χ3v) is 10.9. The molecule has 0 saturated carbocycles. The molecule has 0 bridgehead atoms. The quantitative estimate of drug-likeness (QED) is 0.0702. The van der Waals surface area contributed by atoms with Crippen molar-refractivity contribution >= 4 is 103 Å². The molecule has 20 nitrogen and oxygen atoms in total. The number of H-pyrrole nitrogens is 1. The van der Waals surface area contributed by atoms with E-state index >= 15 is 0 Å². The van der Waals surface area contributed by atoms with Crippen molar-refractivity contribution in [2.45, 2.75) is 14.7 Å². The molecule has 0 saturated heterocycles. The average Bonchev–Trinajstić information content (AvgIpc) is 3.05. The minimum atomic E-state index is -5.62. The van der Waals surface area contributed by atoms with E-state index in [-0.39, 0.29) is 135 Å². The van der Waals surface area contributed by atoms with E-state index in [0.29, 0.717) is 23.6 Å². The van der Waals surface area contributed by atoms with Crippen molar-refractivity contribution in [3.8, 4) is 0 Å². The Bertz CT molecular complexity index is 3040. The molecule has 5 aromatic rings.